The molecular weight excluding hydrogens is 226 g/mol. The molecule has 4 heteroatoms. The molecule has 2 rings (SSSR count). The van der Waals surface area contributed by atoms with Crippen molar-refractivity contribution in [1.82, 2.24) is 9.97 Å². The third-order valence-corrected chi connectivity index (χ3v) is 2.60. The Hall–Kier alpha value is -2.10. The molecule has 0 aliphatic carbocycles. The lowest BCUT2D eigenvalue weighted by Gasteiger charge is -2.10. The van der Waals surface area contributed by atoms with E-state index < -0.39 is 0 Å². The number of rotatable bonds is 3. The number of benzene rings is 1. The van der Waals surface area contributed by atoms with Gasteiger partial charge in [-0.05, 0) is 32.4 Å². The molecule has 0 aliphatic heterocycles. The molecule has 94 valence electrons. The molecule has 0 atom stereocenters. The Balaban J connectivity index is 2.30. The maximum absolute atomic E-state index is 5.80. The average Bonchev–Trinajstić information content (AvgIpc) is 2.32. The van der Waals surface area contributed by atoms with Crippen molar-refractivity contribution in [2.75, 3.05) is 12.4 Å². The highest BCUT2D eigenvalue weighted by Crippen LogP contribution is 2.25. The Labute approximate surface area is 107 Å². The number of ether oxygens (including phenoxy) is 1. The molecule has 0 bridgehead atoms. The molecule has 0 fully saturated rings. The Morgan fingerprint density at radius 2 is 1.83 bits per heavy atom. The number of nitrogens with zero attached hydrogens (tertiary/aromatic N) is 2. The van der Waals surface area contributed by atoms with E-state index >= 15 is 0 Å². The van der Waals surface area contributed by atoms with Crippen molar-refractivity contribution in [3.8, 4) is 11.6 Å². The van der Waals surface area contributed by atoms with Gasteiger partial charge in [0.15, 0.2) is 0 Å². The highest BCUT2D eigenvalue weighted by atomic mass is 16.5. The number of aryl methyl sites for hydroxylation is 3. The first kappa shape index (κ1) is 12.4. The summed E-state index contributed by atoms with van der Waals surface area (Å²) in [6.07, 6.45) is 0. The van der Waals surface area contributed by atoms with Crippen molar-refractivity contribution in [2.24, 2.45) is 0 Å². The van der Waals surface area contributed by atoms with Crippen LogP contribution in [0.1, 0.15) is 16.8 Å². The second-order valence-electron chi connectivity index (χ2n) is 4.29. The first-order valence-electron chi connectivity index (χ1n) is 5.87. The summed E-state index contributed by atoms with van der Waals surface area (Å²) in [6, 6.07) is 7.89. The van der Waals surface area contributed by atoms with Gasteiger partial charge < -0.3 is 10.1 Å². The molecule has 2 aromatic rings. The summed E-state index contributed by atoms with van der Waals surface area (Å²) in [5.74, 6) is 1.94. The molecule has 0 radical (unpaired) electrons. The summed E-state index contributed by atoms with van der Waals surface area (Å²) < 4.78 is 5.80. The normalized spacial score (nSPS) is 10.2. The largest absolute Gasteiger partial charge is 0.439 e. The molecule has 4 nitrogen and oxygen atoms in total. The van der Waals surface area contributed by atoms with E-state index in [9.17, 15) is 0 Å². The van der Waals surface area contributed by atoms with Gasteiger partial charge in [0.1, 0.15) is 5.75 Å². The quantitative estimate of drug-likeness (QED) is 0.899. The third-order valence-electron chi connectivity index (χ3n) is 2.60. The Kier molecular flexibility index (Phi) is 3.46. The van der Waals surface area contributed by atoms with Gasteiger partial charge in [-0.25, -0.2) is 4.98 Å². The molecule has 0 saturated carbocycles. The fourth-order valence-electron chi connectivity index (χ4n) is 1.73. The number of aromatic nitrogens is 2. The predicted molar refractivity (Wildman–Crippen MR) is 72.3 cm³/mol. The zero-order valence-electron chi connectivity index (χ0n) is 11.1. The van der Waals surface area contributed by atoms with Gasteiger partial charge in [0.25, 0.3) is 0 Å². The zero-order valence-corrected chi connectivity index (χ0v) is 11.1. The fourth-order valence-corrected chi connectivity index (χ4v) is 1.73. The van der Waals surface area contributed by atoms with Gasteiger partial charge in [0.2, 0.25) is 11.8 Å². The first-order valence-corrected chi connectivity index (χ1v) is 5.87. The van der Waals surface area contributed by atoms with Crippen molar-refractivity contribution in [3.05, 3.63) is 41.1 Å². The molecule has 1 heterocycles. The highest BCUT2D eigenvalue weighted by molar-refractivity contribution is 5.39. The van der Waals surface area contributed by atoms with Gasteiger partial charge in [-0.1, -0.05) is 17.7 Å². The molecule has 0 unspecified atom stereocenters. The molecule has 1 N–H and O–H groups in total. The third kappa shape index (κ3) is 2.77. The van der Waals surface area contributed by atoms with E-state index in [2.05, 4.69) is 28.3 Å². The summed E-state index contributed by atoms with van der Waals surface area (Å²) in [5.41, 5.74) is 3.18. The van der Waals surface area contributed by atoms with Crippen LogP contribution in [-0.2, 0) is 0 Å². The maximum atomic E-state index is 5.80. The number of nitrogens with one attached hydrogen (secondary N) is 1. The van der Waals surface area contributed by atoms with Crippen molar-refractivity contribution in [2.45, 2.75) is 20.8 Å². The van der Waals surface area contributed by atoms with Crippen LogP contribution in [0.2, 0.25) is 0 Å². The Bertz CT molecular complexity index is 567. The molecule has 18 heavy (non-hydrogen) atoms. The summed E-state index contributed by atoms with van der Waals surface area (Å²) in [5, 5.41) is 2.92. The lowest BCUT2D eigenvalue weighted by molar-refractivity contribution is 0.458. The zero-order chi connectivity index (χ0) is 13.1. The molecule has 0 amide bonds. The minimum Gasteiger partial charge on any atom is -0.439 e. The minimum atomic E-state index is 0.554. The van der Waals surface area contributed by atoms with Crippen LogP contribution in [0.5, 0.6) is 11.6 Å². The predicted octanol–water partition coefficient (Wildman–Crippen LogP) is 3.24. The van der Waals surface area contributed by atoms with Gasteiger partial charge in [-0.3, -0.25) is 0 Å². The average molecular weight is 243 g/mol. The Morgan fingerprint density at radius 1 is 1.06 bits per heavy atom. The van der Waals surface area contributed by atoms with E-state index in [4.69, 9.17) is 4.74 Å². The van der Waals surface area contributed by atoms with Crippen molar-refractivity contribution < 1.29 is 4.74 Å². The molecule has 1 aromatic carbocycles. The maximum Gasteiger partial charge on any atom is 0.225 e. The van der Waals surface area contributed by atoms with Gasteiger partial charge in [-0.2, -0.15) is 4.98 Å². The van der Waals surface area contributed by atoms with Gasteiger partial charge in [0.05, 0.1) is 0 Å². The van der Waals surface area contributed by atoms with E-state index in [0.29, 0.717) is 11.8 Å². The summed E-state index contributed by atoms with van der Waals surface area (Å²) >= 11 is 0. The Morgan fingerprint density at radius 3 is 2.50 bits per heavy atom. The molecule has 0 spiro atoms. The first-order chi connectivity index (χ1) is 8.58. The second kappa shape index (κ2) is 5.04. The minimum absolute atomic E-state index is 0.554. The van der Waals surface area contributed by atoms with Crippen LogP contribution in [-0.4, -0.2) is 17.0 Å². The lowest BCUT2D eigenvalue weighted by atomic mass is 10.1. The van der Waals surface area contributed by atoms with E-state index in [1.807, 2.05) is 32.0 Å². The van der Waals surface area contributed by atoms with Crippen LogP contribution in [0.15, 0.2) is 24.3 Å². The van der Waals surface area contributed by atoms with Crippen LogP contribution in [0.3, 0.4) is 0 Å². The number of anilines is 1. The smallest absolute Gasteiger partial charge is 0.225 e. The van der Waals surface area contributed by atoms with Crippen molar-refractivity contribution in [3.63, 3.8) is 0 Å². The molecular formula is C14H17N3O. The fraction of sp³-hybridized carbons (Fsp3) is 0.286. The van der Waals surface area contributed by atoms with Crippen molar-refractivity contribution in [1.29, 1.82) is 0 Å². The van der Waals surface area contributed by atoms with Crippen molar-refractivity contribution >= 4 is 5.95 Å². The van der Waals surface area contributed by atoms with Gasteiger partial charge in [-0.15, -0.1) is 0 Å². The number of hydrogen-bond donors (Lipinski definition) is 1. The molecule has 0 saturated heterocycles. The van der Waals surface area contributed by atoms with Crippen LogP contribution in [0, 0.1) is 20.8 Å². The molecule has 0 aliphatic rings. The SMILES string of the molecule is CNc1nc(C)cc(Oc2ccc(C)cc2C)n1. The van der Waals surface area contributed by atoms with Gasteiger partial charge in [0, 0.05) is 18.8 Å². The van der Waals surface area contributed by atoms with Gasteiger partial charge >= 0.3 is 0 Å². The second-order valence-corrected chi connectivity index (χ2v) is 4.29. The lowest BCUT2D eigenvalue weighted by Crippen LogP contribution is -2.00. The van der Waals surface area contributed by atoms with E-state index in [1.54, 1.807) is 7.05 Å². The molecule has 1 aromatic heterocycles. The van der Waals surface area contributed by atoms with Crippen LogP contribution in [0.25, 0.3) is 0 Å². The summed E-state index contributed by atoms with van der Waals surface area (Å²) in [7, 11) is 1.79. The topological polar surface area (TPSA) is 47.0 Å². The van der Waals surface area contributed by atoms with E-state index in [1.165, 1.54) is 5.56 Å². The monoisotopic (exact) mass is 243 g/mol. The standard InChI is InChI=1S/C14H17N3O/c1-9-5-6-12(10(2)7-9)18-13-8-11(3)16-14(15-4)17-13/h5-8H,1-4H3,(H,15,16,17). The van der Waals surface area contributed by atoms with E-state index in [0.717, 1.165) is 17.0 Å². The number of hydrogen-bond acceptors (Lipinski definition) is 4. The highest BCUT2D eigenvalue weighted by Gasteiger charge is 2.05. The van der Waals surface area contributed by atoms with Crippen LogP contribution in [0.4, 0.5) is 5.95 Å². The summed E-state index contributed by atoms with van der Waals surface area (Å²) in [6.45, 7) is 6.00. The van der Waals surface area contributed by atoms with Crippen LogP contribution < -0.4 is 10.1 Å². The van der Waals surface area contributed by atoms with E-state index in [-0.39, 0.29) is 0 Å². The van der Waals surface area contributed by atoms with Crippen LogP contribution >= 0.6 is 0 Å². The summed E-state index contributed by atoms with van der Waals surface area (Å²) in [4.78, 5) is 8.49.